The molecule has 1 atom stereocenters. The number of nitrogens with two attached hydrogens (primary N) is 1. The smallest absolute Gasteiger partial charge is 0.418 e. The van der Waals surface area contributed by atoms with Crippen molar-refractivity contribution in [3.05, 3.63) is 0 Å². The number of carbonyl (C=O) groups is 1. The third-order valence-corrected chi connectivity index (χ3v) is 1.97. The number of ether oxygens (including phenoxy) is 2. The van der Waals surface area contributed by atoms with E-state index in [1.54, 1.807) is 6.92 Å². The molecule has 0 aliphatic heterocycles. The van der Waals surface area contributed by atoms with Gasteiger partial charge in [-0.05, 0) is 39.4 Å². The zero-order valence-corrected chi connectivity index (χ0v) is 11.0. The number of hydrogen-bond acceptors (Lipinski definition) is 4. The van der Waals surface area contributed by atoms with E-state index in [4.69, 9.17) is 27.4 Å². The van der Waals surface area contributed by atoms with Crippen molar-refractivity contribution >= 4 is 23.4 Å². The minimum absolute atomic E-state index is 0.0174. The maximum absolute atomic E-state index is 11.6. The van der Waals surface area contributed by atoms with Gasteiger partial charge in [0, 0.05) is 0 Å². The van der Waals surface area contributed by atoms with E-state index in [-0.39, 0.29) is 17.8 Å². The first-order chi connectivity index (χ1) is 7.43. The SMILES string of the molecule is CCOC(=O)N(C(N)=S)C(CC)OC(C)C. The van der Waals surface area contributed by atoms with Crippen LogP contribution in [0.1, 0.15) is 34.1 Å². The van der Waals surface area contributed by atoms with E-state index >= 15 is 0 Å². The van der Waals surface area contributed by atoms with Gasteiger partial charge in [0.05, 0.1) is 12.7 Å². The zero-order chi connectivity index (χ0) is 12.7. The molecule has 5 nitrogen and oxygen atoms in total. The fraction of sp³-hybridized carbons (Fsp3) is 0.800. The number of amides is 1. The van der Waals surface area contributed by atoms with Crippen molar-refractivity contribution in [2.75, 3.05) is 6.61 Å². The van der Waals surface area contributed by atoms with E-state index in [2.05, 4.69) is 0 Å². The van der Waals surface area contributed by atoms with Gasteiger partial charge in [-0.3, -0.25) is 0 Å². The van der Waals surface area contributed by atoms with Crippen molar-refractivity contribution in [1.82, 2.24) is 4.90 Å². The summed E-state index contributed by atoms with van der Waals surface area (Å²) in [6.45, 7) is 7.64. The minimum atomic E-state index is -0.567. The van der Waals surface area contributed by atoms with Gasteiger partial charge < -0.3 is 15.2 Å². The van der Waals surface area contributed by atoms with Crippen molar-refractivity contribution in [3.8, 4) is 0 Å². The average Bonchev–Trinajstić information content (AvgIpc) is 2.15. The van der Waals surface area contributed by atoms with Gasteiger partial charge in [-0.15, -0.1) is 0 Å². The Morgan fingerprint density at radius 3 is 2.31 bits per heavy atom. The van der Waals surface area contributed by atoms with Gasteiger partial charge in [-0.2, -0.15) is 0 Å². The van der Waals surface area contributed by atoms with Gasteiger partial charge in [0.1, 0.15) is 6.23 Å². The maximum atomic E-state index is 11.6. The van der Waals surface area contributed by atoms with E-state index in [0.29, 0.717) is 6.42 Å². The quantitative estimate of drug-likeness (QED) is 0.594. The molecule has 6 heteroatoms. The summed E-state index contributed by atoms with van der Waals surface area (Å²) >= 11 is 4.83. The fourth-order valence-electron chi connectivity index (χ4n) is 1.20. The Morgan fingerprint density at radius 1 is 1.44 bits per heavy atom. The summed E-state index contributed by atoms with van der Waals surface area (Å²) in [5.41, 5.74) is 5.50. The molecular formula is C10H20N2O3S. The summed E-state index contributed by atoms with van der Waals surface area (Å²) in [6.07, 6.45) is -0.468. The summed E-state index contributed by atoms with van der Waals surface area (Å²) in [4.78, 5) is 12.8. The molecule has 1 unspecified atom stereocenters. The van der Waals surface area contributed by atoms with E-state index in [9.17, 15) is 4.79 Å². The second-order valence-corrected chi connectivity index (χ2v) is 3.87. The highest BCUT2D eigenvalue weighted by Gasteiger charge is 2.27. The Kier molecular flexibility index (Phi) is 7.00. The van der Waals surface area contributed by atoms with Gasteiger partial charge >= 0.3 is 6.09 Å². The molecule has 0 rings (SSSR count). The Labute approximate surface area is 102 Å². The number of thiocarbonyl (C=S) groups is 1. The fourth-order valence-corrected chi connectivity index (χ4v) is 1.39. The lowest BCUT2D eigenvalue weighted by atomic mass is 10.3. The highest BCUT2D eigenvalue weighted by molar-refractivity contribution is 7.80. The highest BCUT2D eigenvalue weighted by Crippen LogP contribution is 2.10. The molecule has 0 fully saturated rings. The monoisotopic (exact) mass is 248 g/mol. The Bertz CT molecular complexity index is 246. The number of hydrogen-bond donors (Lipinski definition) is 1. The first-order valence-corrected chi connectivity index (χ1v) is 5.75. The van der Waals surface area contributed by atoms with Crippen LogP contribution >= 0.6 is 12.2 Å². The lowest BCUT2D eigenvalue weighted by Crippen LogP contribution is -2.49. The van der Waals surface area contributed by atoms with Crippen molar-refractivity contribution in [1.29, 1.82) is 0 Å². The van der Waals surface area contributed by atoms with Crippen LogP contribution in [0.4, 0.5) is 4.79 Å². The Balaban J connectivity index is 4.72. The first-order valence-electron chi connectivity index (χ1n) is 5.34. The van der Waals surface area contributed by atoms with E-state index in [0.717, 1.165) is 0 Å². The molecule has 0 aromatic rings. The maximum Gasteiger partial charge on any atom is 0.418 e. The minimum Gasteiger partial charge on any atom is -0.449 e. The van der Waals surface area contributed by atoms with Crippen LogP contribution in [-0.4, -0.2) is 35.0 Å². The predicted molar refractivity (Wildman–Crippen MR) is 65.9 cm³/mol. The molecule has 1 amide bonds. The third-order valence-electron chi connectivity index (χ3n) is 1.77. The van der Waals surface area contributed by atoms with Crippen molar-refractivity contribution in [2.24, 2.45) is 5.73 Å². The van der Waals surface area contributed by atoms with E-state index in [1.165, 1.54) is 4.90 Å². The molecule has 2 N–H and O–H groups in total. The molecule has 0 aliphatic rings. The topological polar surface area (TPSA) is 64.8 Å². The summed E-state index contributed by atoms with van der Waals surface area (Å²) < 4.78 is 10.4. The largest absolute Gasteiger partial charge is 0.449 e. The van der Waals surface area contributed by atoms with Crippen molar-refractivity contribution in [2.45, 2.75) is 46.4 Å². The molecule has 0 spiro atoms. The molecule has 0 aromatic heterocycles. The van der Waals surface area contributed by atoms with Crippen LogP contribution in [0.3, 0.4) is 0 Å². The molecule has 0 aromatic carbocycles. The van der Waals surface area contributed by atoms with Gasteiger partial charge in [0.25, 0.3) is 0 Å². The molecular weight excluding hydrogens is 228 g/mol. The van der Waals surface area contributed by atoms with Crippen LogP contribution in [-0.2, 0) is 9.47 Å². The Morgan fingerprint density at radius 2 is 2.00 bits per heavy atom. The lowest BCUT2D eigenvalue weighted by Gasteiger charge is -2.29. The summed E-state index contributed by atoms with van der Waals surface area (Å²) in [7, 11) is 0. The van der Waals surface area contributed by atoms with Gasteiger partial charge in [-0.25, -0.2) is 9.69 Å². The van der Waals surface area contributed by atoms with Gasteiger partial charge in [0.2, 0.25) is 0 Å². The lowest BCUT2D eigenvalue weighted by molar-refractivity contribution is -0.0560. The number of rotatable bonds is 5. The van der Waals surface area contributed by atoms with Gasteiger partial charge in [-0.1, -0.05) is 6.92 Å². The van der Waals surface area contributed by atoms with Crippen LogP contribution in [0.5, 0.6) is 0 Å². The highest BCUT2D eigenvalue weighted by atomic mass is 32.1. The molecule has 0 radical (unpaired) electrons. The van der Waals surface area contributed by atoms with Crippen LogP contribution in [0.25, 0.3) is 0 Å². The number of nitrogens with zero attached hydrogens (tertiary/aromatic N) is 1. The molecule has 0 saturated carbocycles. The van der Waals surface area contributed by atoms with Crippen LogP contribution in [0.15, 0.2) is 0 Å². The van der Waals surface area contributed by atoms with Crippen LogP contribution in [0.2, 0.25) is 0 Å². The van der Waals surface area contributed by atoms with Gasteiger partial charge in [0.15, 0.2) is 5.11 Å². The molecule has 0 bridgehead atoms. The van der Waals surface area contributed by atoms with Crippen LogP contribution in [0, 0.1) is 0 Å². The second-order valence-electron chi connectivity index (χ2n) is 3.45. The van der Waals surface area contributed by atoms with Crippen molar-refractivity contribution in [3.63, 3.8) is 0 Å². The third kappa shape index (κ3) is 4.76. The average molecular weight is 248 g/mol. The summed E-state index contributed by atoms with van der Waals surface area (Å²) in [6, 6.07) is 0. The molecule has 0 aliphatic carbocycles. The second kappa shape index (κ2) is 7.40. The number of carbonyl (C=O) groups excluding carboxylic acids is 1. The molecule has 16 heavy (non-hydrogen) atoms. The standard InChI is InChI=1S/C10H20N2O3S/c1-5-8(15-7(3)4)12(9(11)16)10(13)14-6-2/h7-8H,5-6H2,1-4H3,(H2,11,16). The first kappa shape index (κ1) is 15.1. The molecule has 0 saturated heterocycles. The normalized spacial score (nSPS) is 12.3. The predicted octanol–water partition coefficient (Wildman–Crippen LogP) is 1.85. The van der Waals surface area contributed by atoms with E-state index in [1.807, 2.05) is 20.8 Å². The Hall–Kier alpha value is -0.880. The molecule has 0 heterocycles. The summed E-state index contributed by atoms with van der Waals surface area (Å²) in [5, 5.41) is -0.0362. The van der Waals surface area contributed by atoms with E-state index < -0.39 is 12.3 Å². The summed E-state index contributed by atoms with van der Waals surface area (Å²) in [5.74, 6) is 0. The van der Waals surface area contributed by atoms with Crippen molar-refractivity contribution < 1.29 is 14.3 Å². The zero-order valence-electron chi connectivity index (χ0n) is 10.2. The van der Waals surface area contributed by atoms with Crippen LogP contribution < -0.4 is 5.73 Å². The molecule has 94 valence electrons.